The van der Waals surface area contributed by atoms with Crippen molar-refractivity contribution in [3.8, 4) is 0 Å². The van der Waals surface area contributed by atoms with Crippen LogP contribution in [-0.2, 0) is 23.6 Å². The number of H-pyrrole nitrogens is 1. The van der Waals surface area contributed by atoms with Crippen molar-refractivity contribution in [2.75, 3.05) is 13.3 Å². The van der Waals surface area contributed by atoms with Crippen molar-refractivity contribution in [3.63, 3.8) is 0 Å². The number of carbonyl (C=O) groups excluding carboxylic acids is 2. The second-order valence-corrected chi connectivity index (χ2v) is 12.3. The number of esters is 2. The van der Waals surface area contributed by atoms with Crippen LogP contribution in [0.1, 0.15) is 36.0 Å². The van der Waals surface area contributed by atoms with Gasteiger partial charge in [-0.3, -0.25) is 19.1 Å². The molecule has 0 saturated carbocycles. The van der Waals surface area contributed by atoms with Crippen molar-refractivity contribution in [1.29, 1.82) is 0 Å². The van der Waals surface area contributed by atoms with Crippen LogP contribution >= 0.6 is 7.14 Å². The van der Waals surface area contributed by atoms with E-state index >= 15 is 4.39 Å². The van der Waals surface area contributed by atoms with Gasteiger partial charge in [0, 0.05) is 24.6 Å². The summed E-state index contributed by atoms with van der Waals surface area (Å²) in [6.07, 6.45) is -4.00. The third-order valence-electron chi connectivity index (χ3n) is 5.78. The number of nitrogens with zero attached hydrogens (tertiary/aromatic N) is 1. The van der Waals surface area contributed by atoms with Crippen LogP contribution in [0, 0.1) is 12.8 Å². The Hall–Kier alpha value is -3.04. The van der Waals surface area contributed by atoms with Crippen molar-refractivity contribution in [2.45, 2.75) is 51.2 Å². The number of alkyl halides is 1. The Bertz CT molecular complexity index is 1250. The van der Waals surface area contributed by atoms with Gasteiger partial charge in [-0.1, -0.05) is 25.1 Å². The molecule has 1 aliphatic rings. The highest BCUT2D eigenvalue weighted by Gasteiger charge is 2.53. The third kappa shape index (κ3) is 5.79. The van der Waals surface area contributed by atoms with Crippen LogP contribution in [0.3, 0.4) is 0 Å². The third-order valence-corrected chi connectivity index (χ3v) is 7.26. The van der Waals surface area contributed by atoms with E-state index in [-0.39, 0.29) is 11.1 Å². The smallest absolute Gasteiger partial charge is 0.338 e. The molecule has 1 aromatic heterocycles. The van der Waals surface area contributed by atoms with Gasteiger partial charge in [0.1, 0.15) is 13.2 Å². The first-order valence-corrected chi connectivity index (χ1v) is 13.6. The molecule has 1 aliphatic heterocycles. The predicted molar refractivity (Wildman–Crippen MR) is 125 cm³/mol. The lowest BCUT2D eigenvalue weighted by Gasteiger charge is -2.30. The summed E-state index contributed by atoms with van der Waals surface area (Å²) in [5.41, 5.74) is -1.10. The van der Waals surface area contributed by atoms with E-state index in [2.05, 4.69) is 4.98 Å². The number of rotatable bonds is 7. The maximum Gasteiger partial charge on any atom is 0.338 e. The number of aromatic nitrogens is 2. The molecule has 2 heterocycles. The van der Waals surface area contributed by atoms with Crippen LogP contribution < -0.4 is 11.2 Å². The number of nitrogens with one attached hydrogen (secondary N) is 1. The molecule has 1 aromatic carbocycles. The second-order valence-electron chi connectivity index (χ2n) is 8.95. The van der Waals surface area contributed by atoms with Crippen molar-refractivity contribution >= 4 is 19.1 Å². The van der Waals surface area contributed by atoms with E-state index in [1.54, 1.807) is 25.1 Å². The van der Waals surface area contributed by atoms with Crippen LogP contribution in [0.2, 0.25) is 0 Å². The molecule has 0 spiro atoms. The number of halogens is 1. The maximum atomic E-state index is 15.5. The zero-order chi connectivity index (χ0) is 26.1. The maximum absolute atomic E-state index is 15.5. The van der Waals surface area contributed by atoms with Gasteiger partial charge < -0.3 is 18.8 Å². The fourth-order valence-corrected chi connectivity index (χ4v) is 4.88. The SMILES string of the molecule is CC(=O)O[C@@H]1[C@H](C)[C@@H](C(OC(=O)c2ccccc2)C(F)P(C)(C)=O)O[C@H]1n1cc(C)c(=O)[nH]c1=O. The minimum atomic E-state index is -3.45. The van der Waals surface area contributed by atoms with Gasteiger partial charge in [0.05, 0.1) is 5.56 Å². The highest BCUT2D eigenvalue weighted by molar-refractivity contribution is 7.62. The summed E-state index contributed by atoms with van der Waals surface area (Å²) in [7, 11) is -3.45. The Kier molecular flexibility index (Phi) is 7.81. The Morgan fingerprint density at radius 2 is 1.83 bits per heavy atom. The molecule has 190 valence electrons. The fraction of sp³-hybridized carbons (Fsp3) is 0.478. The Morgan fingerprint density at radius 3 is 2.40 bits per heavy atom. The average molecular weight is 510 g/mol. The van der Waals surface area contributed by atoms with E-state index < -0.39 is 66.7 Å². The molecule has 35 heavy (non-hydrogen) atoms. The van der Waals surface area contributed by atoms with Gasteiger partial charge in [-0.2, -0.15) is 0 Å². The van der Waals surface area contributed by atoms with Gasteiger partial charge in [0.15, 0.2) is 24.3 Å². The largest absolute Gasteiger partial charge is 0.457 e. The molecule has 0 bridgehead atoms. The Labute approximate surface area is 200 Å². The van der Waals surface area contributed by atoms with E-state index in [4.69, 9.17) is 14.2 Å². The zero-order valence-electron chi connectivity index (χ0n) is 20.0. The van der Waals surface area contributed by atoms with Crippen LogP contribution in [0.5, 0.6) is 0 Å². The molecule has 3 rings (SSSR count). The second kappa shape index (κ2) is 10.3. The molecule has 6 atom stereocenters. The number of aryl methyl sites for hydroxylation is 1. The summed E-state index contributed by atoms with van der Waals surface area (Å²) in [5, 5.41) is 0. The van der Waals surface area contributed by atoms with Crippen molar-refractivity contribution < 1.29 is 32.8 Å². The van der Waals surface area contributed by atoms with Crippen LogP contribution in [0.4, 0.5) is 4.39 Å². The van der Waals surface area contributed by atoms with E-state index in [0.29, 0.717) is 0 Å². The lowest BCUT2D eigenvalue weighted by Crippen LogP contribution is -2.43. The zero-order valence-corrected chi connectivity index (χ0v) is 20.9. The Balaban J connectivity index is 2.05. The molecule has 0 radical (unpaired) electrons. The molecular weight excluding hydrogens is 482 g/mol. The highest BCUT2D eigenvalue weighted by Crippen LogP contribution is 2.49. The van der Waals surface area contributed by atoms with Gasteiger partial charge in [-0.05, 0) is 32.4 Å². The molecule has 0 amide bonds. The van der Waals surface area contributed by atoms with Gasteiger partial charge in [0.2, 0.25) is 0 Å². The number of aromatic amines is 1. The number of ether oxygens (including phenoxy) is 3. The number of hydrogen-bond acceptors (Lipinski definition) is 8. The quantitative estimate of drug-likeness (QED) is 0.444. The molecule has 1 N–H and O–H groups in total. The van der Waals surface area contributed by atoms with Crippen LogP contribution in [-0.4, -0.2) is 59.0 Å². The fourth-order valence-electron chi connectivity index (χ4n) is 3.94. The summed E-state index contributed by atoms with van der Waals surface area (Å²) < 4.78 is 46.1. The van der Waals surface area contributed by atoms with Gasteiger partial charge in [0.25, 0.3) is 5.56 Å². The van der Waals surface area contributed by atoms with Crippen LogP contribution in [0.25, 0.3) is 0 Å². The predicted octanol–water partition coefficient (Wildman–Crippen LogP) is 2.45. The highest BCUT2D eigenvalue weighted by atomic mass is 31.2. The minimum Gasteiger partial charge on any atom is -0.457 e. The monoisotopic (exact) mass is 510 g/mol. The van der Waals surface area contributed by atoms with Gasteiger partial charge in [-0.15, -0.1) is 0 Å². The topological polar surface area (TPSA) is 134 Å². The van der Waals surface area contributed by atoms with Crippen molar-refractivity contribution in [2.24, 2.45) is 5.92 Å². The number of carbonyl (C=O) groups is 2. The van der Waals surface area contributed by atoms with Gasteiger partial charge >= 0.3 is 17.6 Å². The molecule has 1 saturated heterocycles. The first-order valence-electron chi connectivity index (χ1n) is 10.9. The number of hydrogen-bond donors (Lipinski definition) is 1. The van der Waals surface area contributed by atoms with E-state index in [9.17, 15) is 23.7 Å². The summed E-state index contributed by atoms with van der Waals surface area (Å²) in [5.74, 6) is -4.43. The molecule has 1 fully saturated rings. The summed E-state index contributed by atoms with van der Waals surface area (Å²) >= 11 is 0. The van der Waals surface area contributed by atoms with E-state index in [1.165, 1.54) is 38.6 Å². The van der Waals surface area contributed by atoms with Gasteiger partial charge in [-0.25, -0.2) is 14.0 Å². The molecule has 12 heteroatoms. The van der Waals surface area contributed by atoms with Crippen molar-refractivity contribution in [3.05, 3.63) is 68.5 Å². The molecular formula is C23H28FN2O8P. The van der Waals surface area contributed by atoms with E-state index in [0.717, 1.165) is 11.5 Å². The molecule has 2 aromatic rings. The first kappa shape index (κ1) is 26.6. The minimum absolute atomic E-state index is 0.151. The molecule has 10 nitrogen and oxygen atoms in total. The Morgan fingerprint density at radius 1 is 1.20 bits per heavy atom. The average Bonchev–Trinajstić information content (AvgIpc) is 3.09. The summed E-state index contributed by atoms with van der Waals surface area (Å²) in [6, 6.07) is 7.87. The normalized spacial score (nSPS) is 23.9. The number of benzene rings is 1. The van der Waals surface area contributed by atoms with Crippen molar-refractivity contribution in [1.82, 2.24) is 9.55 Å². The lowest BCUT2D eigenvalue weighted by molar-refractivity contribution is -0.154. The molecule has 0 aliphatic carbocycles. The lowest BCUT2D eigenvalue weighted by atomic mass is 9.96. The first-order chi connectivity index (χ1) is 16.3. The summed E-state index contributed by atoms with van der Waals surface area (Å²) in [6.45, 7) is 6.65. The van der Waals surface area contributed by atoms with E-state index in [1.807, 2.05) is 0 Å². The standard InChI is InChI=1S/C23H28FN2O8P/c1-12-11-26(23(30)25-20(12)28)21-17(32-14(3)27)13(2)16(33-21)18(19(24)35(4,5)31)34-22(29)15-9-7-6-8-10-15/h6-11,13,16-19,21H,1-5H3,(H,25,28,30)/t13-,16+,17-,18?,19?,21-/m1/s1. The molecule has 2 unspecified atom stereocenters. The van der Waals surface area contributed by atoms with Crippen LogP contribution in [0.15, 0.2) is 46.1 Å². The summed E-state index contributed by atoms with van der Waals surface area (Å²) in [4.78, 5) is 51.1.